The van der Waals surface area contributed by atoms with Crippen molar-refractivity contribution < 1.29 is 0 Å². The second-order valence-corrected chi connectivity index (χ2v) is 18.4. The second kappa shape index (κ2) is 16.7. The molecule has 7 heteroatoms. The highest BCUT2D eigenvalue weighted by Crippen LogP contribution is 2.47. The van der Waals surface area contributed by atoms with Crippen LogP contribution < -0.4 is 26.2 Å². The zero-order valence-corrected chi connectivity index (χ0v) is 38.9. The average molecular weight is 917 g/mol. The number of anilines is 6. The van der Waals surface area contributed by atoms with Gasteiger partial charge in [0.1, 0.15) is 0 Å². The molecule has 72 heavy (non-hydrogen) atoms. The van der Waals surface area contributed by atoms with Gasteiger partial charge < -0.3 is 14.4 Å². The lowest BCUT2D eigenvalue weighted by Crippen LogP contribution is -2.61. The van der Waals surface area contributed by atoms with Gasteiger partial charge in [-0.15, -0.1) is 0 Å². The molecule has 0 bridgehead atoms. The van der Waals surface area contributed by atoms with E-state index in [1.54, 1.807) is 0 Å². The van der Waals surface area contributed by atoms with Crippen LogP contribution in [0.15, 0.2) is 249 Å². The van der Waals surface area contributed by atoms with Crippen LogP contribution >= 0.6 is 0 Å². The molecular weight excluding hydrogens is 876 g/mol. The molecule has 0 fully saturated rings. The Balaban J connectivity index is 0.949. The largest absolute Gasteiger partial charge is 0.311 e. The van der Waals surface area contributed by atoms with Gasteiger partial charge in [0.2, 0.25) is 0 Å². The molecule has 6 nitrogen and oxygen atoms in total. The van der Waals surface area contributed by atoms with Crippen LogP contribution in [0.5, 0.6) is 0 Å². The molecule has 0 amide bonds. The van der Waals surface area contributed by atoms with E-state index in [9.17, 15) is 5.26 Å². The van der Waals surface area contributed by atoms with Crippen LogP contribution in [0, 0.1) is 11.3 Å². The third-order valence-corrected chi connectivity index (χ3v) is 14.4. The summed E-state index contributed by atoms with van der Waals surface area (Å²) in [5.74, 6) is 0.504. The molecule has 14 rings (SSSR count). The summed E-state index contributed by atoms with van der Waals surface area (Å²) in [6.45, 7) is 0.0341. The van der Waals surface area contributed by atoms with Gasteiger partial charge in [0.15, 0.2) is 5.82 Å². The minimum atomic E-state index is 0.0341. The molecule has 2 aliphatic heterocycles. The van der Waals surface area contributed by atoms with Crippen LogP contribution in [0.4, 0.5) is 34.1 Å². The highest BCUT2D eigenvalue weighted by molar-refractivity contribution is 7.00. The monoisotopic (exact) mass is 916 g/mol. The number of hydrogen-bond donors (Lipinski definition) is 0. The van der Waals surface area contributed by atoms with Crippen molar-refractivity contribution in [3.8, 4) is 56.8 Å². The number of rotatable bonds is 7. The van der Waals surface area contributed by atoms with Gasteiger partial charge in [-0.1, -0.05) is 158 Å². The lowest BCUT2D eigenvalue weighted by Gasteiger charge is -2.44. The number of aromatic nitrogens is 3. The van der Waals surface area contributed by atoms with E-state index in [2.05, 4.69) is 215 Å². The molecule has 334 valence electrons. The van der Waals surface area contributed by atoms with E-state index in [1.165, 1.54) is 27.8 Å². The van der Waals surface area contributed by atoms with Crippen molar-refractivity contribution in [1.82, 2.24) is 14.5 Å². The molecule has 0 saturated heterocycles. The Hall–Kier alpha value is -9.77. The Morgan fingerprint density at radius 3 is 1.47 bits per heavy atom. The predicted molar refractivity (Wildman–Crippen MR) is 297 cm³/mol. The van der Waals surface area contributed by atoms with Crippen molar-refractivity contribution in [2.24, 2.45) is 0 Å². The van der Waals surface area contributed by atoms with E-state index in [4.69, 9.17) is 9.97 Å². The highest BCUT2D eigenvalue weighted by Gasteiger charge is 2.43. The summed E-state index contributed by atoms with van der Waals surface area (Å²) in [6, 6.07) is 90.5. The fourth-order valence-electron chi connectivity index (χ4n) is 11.2. The van der Waals surface area contributed by atoms with Crippen molar-refractivity contribution in [3.63, 3.8) is 0 Å². The summed E-state index contributed by atoms with van der Waals surface area (Å²) in [7, 11) is 0. The summed E-state index contributed by atoms with van der Waals surface area (Å²) in [6.07, 6.45) is 0. The molecule has 4 heterocycles. The molecular formula is C65H41BN6. The first-order valence-corrected chi connectivity index (χ1v) is 24.3. The van der Waals surface area contributed by atoms with Crippen molar-refractivity contribution in [2.45, 2.75) is 0 Å². The van der Waals surface area contributed by atoms with E-state index >= 15 is 0 Å². The van der Waals surface area contributed by atoms with Gasteiger partial charge in [0.05, 0.1) is 34.1 Å². The molecule has 0 atom stereocenters. The van der Waals surface area contributed by atoms with E-state index in [0.717, 1.165) is 83.9 Å². The molecule has 0 unspecified atom stereocenters. The maximum atomic E-state index is 10.9. The lowest BCUT2D eigenvalue weighted by atomic mass is 9.33. The van der Waals surface area contributed by atoms with Crippen LogP contribution in [-0.4, -0.2) is 21.2 Å². The summed E-state index contributed by atoms with van der Waals surface area (Å²) in [5, 5.41) is 13.1. The quantitative estimate of drug-likeness (QED) is 0.149. The maximum absolute atomic E-state index is 10.9. The Morgan fingerprint density at radius 2 is 0.889 bits per heavy atom. The zero-order chi connectivity index (χ0) is 47.7. The van der Waals surface area contributed by atoms with Gasteiger partial charge in [-0.2, -0.15) is 5.26 Å². The molecule has 2 aromatic heterocycles. The first kappa shape index (κ1) is 41.2. The molecule has 12 aromatic rings. The standard InChI is InChI=1S/C65H41BN6/c67-42-47-37-50(34-35-51(47)65-68-56(43-19-5-1-6-20-43)41-57(69-65)44-21-7-2-8-22-44)72-58-30-16-13-27-52(58)53-38-45(33-36-59(53)72)46-39-62-64-63(40-46)71(49-25-11-4-12-26-49)61-32-18-15-29-55(61)66(64)54-28-14-17-31-60(54)70(62)48-23-9-3-10-24-48/h1-41H. The second-order valence-electron chi connectivity index (χ2n) is 18.4. The fourth-order valence-corrected chi connectivity index (χ4v) is 11.2. The summed E-state index contributed by atoms with van der Waals surface area (Å²) >= 11 is 0. The minimum absolute atomic E-state index is 0.0341. The van der Waals surface area contributed by atoms with E-state index in [-0.39, 0.29) is 6.71 Å². The first-order valence-electron chi connectivity index (χ1n) is 24.3. The lowest BCUT2D eigenvalue weighted by molar-refractivity contribution is 1.16. The SMILES string of the molecule is N#Cc1cc(-n2c3ccccc3c3cc(-c4cc5c6c(c4)N(c4ccccc4)c4ccccc4B6c4ccccc4N5c4ccccc4)ccc32)ccc1-c1nc(-c2ccccc2)cc(-c2ccccc2)n1. The topological polar surface area (TPSA) is 61.0 Å². The van der Waals surface area contributed by atoms with Gasteiger partial charge in [0.25, 0.3) is 6.71 Å². The number of nitrogens with zero attached hydrogens (tertiary/aromatic N) is 6. The summed E-state index contributed by atoms with van der Waals surface area (Å²) in [5.41, 5.74) is 20.7. The van der Waals surface area contributed by atoms with Gasteiger partial charge in [-0.25, -0.2) is 9.97 Å². The van der Waals surface area contributed by atoms with Gasteiger partial charge in [0, 0.05) is 67.3 Å². The van der Waals surface area contributed by atoms with Crippen LogP contribution in [0.2, 0.25) is 0 Å². The molecule has 0 spiro atoms. The molecule has 0 aliphatic carbocycles. The van der Waals surface area contributed by atoms with Gasteiger partial charge >= 0.3 is 0 Å². The summed E-state index contributed by atoms with van der Waals surface area (Å²) < 4.78 is 2.28. The van der Waals surface area contributed by atoms with E-state index in [1.807, 2.05) is 54.6 Å². The molecule has 2 aliphatic rings. The number of fused-ring (bicyclic) bond motifs is 7. The van der Waals surface area contributed by atoms with Crippen LogP contribution in [-0.2, 0) is 0 Å². The Bertz CT molecular complexity index is 3960. The molecule has 0 saturated carbocycles. The summed E-state index contributed by atoms with van der Waals surface area (Å²) in [4.78, 5) is 15.1. The third kappa shape index (κ3) is 6.58. The van der Waals surface area contributed by atoms with Crippen molar-refractivity contribution in [2.75, 3.05) is 9.80 Å². The Morgan fingerprint density at radius 1 is 0.375 bits per heavy atom. The van der Waals surface area contributed by atoms with E-state index < -0.39 is 0 Å². The van der Waals surface area contributed by atoms with Crippen molar-refractivity contribution in [3.05, 3.63) is 254 Å². The zero-order valence-electron chi connectivity index (χ0n) is 38.9. The predicted octanol–water partition coefficient (Wildman–Crippen LogP) is 14.2. The smallest absolute Gasteiger partial charge is 0.252 e. The Labute approximate surface area is 417 Å². The fraction of sp³-hybridized carbons (Fsp3) is 0. The number of nitriles is 1. The average Bonchev–Trinajstić information content (AvgIpc) is 3.79. The molecule has 0 radical (unpaired) electrons. The molecule has 10 aromatic carbocycles. The van der Waals surface area contributed by atoms with Gasteiger partial charge in [-0.3, -0.25) is 0 Å². The first-order chi connectivity index (χ1) is 35.7. The molecule has 0 N–H and O–H groups in total. The number of hydrogen-bond acceptors (Lipinski definition) is 5. The van der Waals surface area contributed by atoms with Crippen LogP contribution in [0.3, 0.4) is 0 Å². The van der Waals surface area contributed by atoms with Crippen molar-refractivity contribution in [1.29, 1.82) is 5.26 Å². The van der Waals surface area contributed by atoms with Crippen LogP contribution in [0.1, 0.15) is 5.56 Å². The minimum Gasteiger partial charge on any atom is -0.311 e. The van der Waals surface area contributed by atoms with Crippen LogP contribution in [0.25, 0.3) is 72.5 Å². The van der Waals surface area contributed by atoms with Crippen molar-refractivity contribution >= 4 is 79.0 Å². The maximum Gasteiger partial charge on any atom is 0.252 e. The Kier molecular flexibility index (Phi) is 9.58. The third-order valence-electron chi connectivity index (χ3n) is 14.4. The van der Waals surface area contributed by atoms with Gasteiger partial charge in [-0.05, 0) is 119 Å². The number of benzene rings is 10. The highest BCUT2D eigenvalue weighted by atomic mass is 15.2. The van der Waals surface area contributed by atoms with E-state index in [0.29, 0.717) is 17.0 Å². The normalized spacial score (nSPS) is 12.3. The number of para-hydroxylation sites is 5.